The Labute approximate surface area is 240 Å². The lowest BCUT2D eigenvalue weighted by Crippen LogP contribution is -2.38. The van der Waals surface area contributed by atoms with E-state index in [9.17, 15) is 9.59 Å². The molecule has 1 heterocycles. The van der Waals surface area contributed by atoms with Crippen LogP contribution in [0.4, 0.5) is 0 Å². The fourth-order valence-electron chi connectivity index (χ4n) is 5.97. The molecule has 3 aromatic carbocycles. The number of carbonyl (C=O) groups is 2. The molecule has 41 heavy (non-hydrogen) atoms. The maximum Gasteiger partial charge on any atom is 0.315 e. The third-order valence-corrected chi connectivity index (χ3v) is 7.94. The van der Waals surface area contributed by atoms with Crippen LogP contribution in [0.25, 0.3) is 0 Å². The number of ether oxygens (including phenoxy) is 4. The minimum Gasteiger partial charge on any atom is -0.493 e. The first-order chi connectivity index (χ1) is 19.9. The molecule has 0 spiro atoms. The maximum atomic E-state index is 13.9. The number of Topliss-reactive ketones (excluding diaryl/α,β-unsaturated/α-hetero) is 1. The number of aliphatic imine (C=N–C) groups is 1. The normalized spacial score (nSPS) is 20.1. The summed E-state index contributed by atoms with van der Waals surface area (Å²) in [5, 5.41) is 0. The van der Waals surface area contributed by atoms with Gasteiger partial charge in [0.15, 0.2) is 17.3 Å². The summed E-state index contributed by atoms with van der Waals surface area (Å²) in [5.74, 6) is -0.447. The van der Waals surface area contributed by atoms with Crippen molar-refractivity contribution in [3.05, 3.63) is 101 Å². The maximum absolute atomic E-state index is 13.9. The first-order valence-electron chi connectivity index (χ1n) is 13.8. The van der Waals surface area contributed by atoms with Crippen molar-refractivity contribution in [3.8, 4) is 17.2 Å². The molecule has 3 atom stereocenters. The fraction of sp³-hybridized carbons (Fsp3) is 0.324. The number of rotatable bonds is 9. The smallest absolute Gasteiger partial charge is 0.315 e. The molecule has 7 nitrogen and oxygen atoms in total. The number of methoxy groups -OCH3 is 3. The van der Waals surface area contributed by atoms with Gasteiger partial charge in [0, 0.05) is 35.7 Å². The van der Waals surface area contributed by atoms with Gasteiger partial charge in [-0.15, -0.1) is 0 Å². The van der Waals surface area contributed by atoms with Gasteiger partial charge in [-0.05, 0) is 48.1 Å². The third kappa shape index (κ3) is 5.75. The minimum atomic E-state index is -0.774. The van der Waals surface area contributed by atoms with Crippen molar-refractivity contribution in [1.82, 2.24) is 0 Å². The molecule has 0 bridgehead atoms. The first kappa shape index (κ1) is 28.1. The lowest BCUT2D eigenvalue weighted by atomic mass is 9.69. The Morgan fingerprint density at radius 3 is 2.10 bits per heavy atom. The molecule has 5 rings (SSSR count). The molecule has 0 amide bonds. The average molecular weight is 554 g/mol. The molecule has 1 aliphatic carbocycles. The van der Waals surface area contributed by atoms with Gasteiger partial charge in [0.2, 0.25) is 5.75 Å². The third-order valence-electron chi connectivity index (χ3n) is 7.94. The lowest BCUT2D eigenvalue weighted by Gasteiger charge is -2.36. The highest BCUT2D eigenvalue weighted by Crippen LogP contribution is 2.49. The van der Waals surface area contributed by atoms with Crippen LogP contribution in [0.3, 0.4) is 0 Å². The molecule has 1 unspecified atom stereocenters. The van der Waals surface area contributed by atoms with Crippen molar-refractivity contribution in [2.24, 2.45) is 10.9 Å². The number of esters is 1. The zero-order valence-electron chi connectivity index (χ0n) is 23.9. The summed E-state index contributed by atoms with van der Waals surface area (Å²) in [7, 11) is 4.63. The van der Waals surface area contributed by atoms with Crippen molar-refractivity contribution < 1.29 is 28.5 Å². The number of hydrogen-bond donors (Lipinski definition) is 0. The first-order valence-corrected chi connectivity index (χ1v) is 13.8. The summed E-state index contributed by atoms with van der Waals surface area (Å²) >= 11 is 0. The van der Waals surface area contributed by atoms with Gasteiger partial charge < -0.3 is 18.9 Å². The van der Waals surface area contributed by atoms with Crippen LogP contribution in [0, 0.1) is 5.92 Å². The highest BCUT2D eigenvalue weighted by atomic mass is 16.5. The predicted molar refractivity (Wildman–Crippen MR) is 157 cm³/mol. The predicted octanol–water partition coefficient (Wildman–Crippen LogP) is 6.07. The molecular weight excluding hydrogens is 518 g/mol. The summed E-state index contributed by atoms with van der Waals surface area (Å²) < 4.78 is 22.6. The van der Waals surface area contributed by atoms with E-state index in [1.54, 1.807) is 21.3 Å². The Hall–Kier alpha value is -4.39. The van der Waals surface area contributed by atoms with Gasteiger partial charge in [-0.1, -0.05) is 60.7 Å². The molecule has 2 aliphatic rings. The summed E-state index contributed by atoms with van der Waals surface area (Å²) in [4.78, 5) is 32.6. The summed E-state index contributed by atoms with van der Waals surface area (Å²) in [6.45, 7) is 2.07. The number of hydrogen-bond acceptors (Lipinski definition) is 7. The van der Waals surface area contributed by atoms with Crippen LogP contribution in [0.2, 0.25) is 0 Å². The quantitative estimate of drug-likeness (QED) is 0.299. The second kappa shape index (κ2) is 12.4. The highest BCUT2D eigenvalue weighted by molar-refractivity contribution is 6.09. The van der Waals surface area contributed by atoms with Gasteiger partial charge >= 0.3 is 5.97 Å². The monoisotopic (exact) mass is 553 g/mol. The molecular formula is C34H35NO6. The molecule has 3 aromatic rings. The van der Waals surface area contributed by atoms with E-state index < -0.39 is 17.8 Å². The molecule has 212 valence electrons. The van der Waals surface area contributed by atoms with E-state index >= 15 is 0 Å². The van der Waals surface area contributed by atoms with Gasteiger partial charge in [-0.25, -0.2) is 0 Å². The molecule has 1 aliphatic heterocycles. The number of ketones is 1. The summed E-state index contributed by atoms with van der Waals surface area (Å²) in [5.41, 5.74) is 4.79. The van der Waals surface area contributed by atoms with Crippen LogP contribution in [0.1, 0.15) is 48.3 Å². The summed E-state index contributed by atoms with van der Waals surface area (Å²) in [6.07, 6.45) is 1.54. The average Bonchev–Trinajstić information content (AvgIpc) is 3.00. The number of nitrogens with zero attached hydrogens (tertiary/aromatic N) is 1. The van der Waals surface area contributed by atoms with Crippen molar-refractivity contribution in [1.29, 1.82) is 0 Å². The van der Waals surface area contributed by atoms with Crippen molar-refractivity contribution in [2.45, 2.75) is 38.0 Å². The van der Waals surface area contributed by atoms with E-state index in [2.05, 4.69) is 0 Å². The van der Waals surface area contributed by atoms with Crippen molar-refractivity contribution in [2.75, 3.05) is 27.9 Å². The zero-order chi connectivity index (χ0) is 28.9. The number of benzene rings is 3. The summed E-state index contributed by atoms with van der Waals surface area (Å²) in [6, 6.07) is 23.5. The molecule has 7 heteroatoms. The standard InChI is InChI=1S/C34H35NO6/c1-21-30(34(37)41-16-15-22-11-7-5-8-12-22)31(25-19-28(38-2)33(40-4)29(20-25)39-3)32-26(35-21)17-24(18-27(32)36)23-13-9-6-10-14-23/h5-14,19-20,24,30-31H,15-18H2,1-4H3/t24-,30?,31-/m0/s1. The fourth-order valence-corrected chi connectivity index (χ4v) is 5.97. The van der Waals surface area contributed by atoms with E-state index in [0.29, 0.717) is 53.4 Å². The van der Waals surface area contributed by atoms with Gasteiger partial charge in [-0.3, -0.25) is 14.6 Å². The molecule has 0 N–H and O–H groups in total. The van der Waals surface area contributed by atoms with Gasteiger partial charge in [0.1, 0.15) is 5.92 Å². The Kier molecular flexibility index (Phi) is 8.53. The Morgan fingerprint density at radius 2 is 1.49 bits per heavy atom. The van der Waals surface area contributed by atoms with Crippen LogP contribution in [-0.4, -0.2) is 45.4 Å². The second-order valence-electron chi connectivity index (χ2n) is 10.4. The Balaban J connectivity index is 1.55. The molecule has 0 saturated carbocycles. The molecule has 0 aromatic heterocycles. The van der Waals surface area contributed by atoms with Crippen molar-refractivity contribution >= 4 is 17.5 Å². The van der Waals surface area contributed by atoms with Crippen molar-refractivity contribution in [3.63, 3.8) is 0 Å². The number of carbonyl (C=O) groups excluding carboxylic acids is 2. The van der Waals surface area contributed by atoms with Crippen LogP contribution < -0.4 is 14.2 Å². The van der Waals surface area contributed by atoms with E-state index in [-0.39, 0.29) is 18.3 Å². The Morgan fingerprint density at radius 1 is 0.854 bits per heavy atom. The minimum absolute atomic E-state index is 0.0165. The van der Waals surface area contributed by atoms with Crippen LogP contribution in [0.5, 0.6) is 17.2 Å². The SMILES string of the molecule is COc1cc([C@@H]2C3=C(C[C@H](c4ccccc4)CC3=O)N=C(C)C2C(=O)OCCc2ccccc2)cc(OC)c1OC. The lowest BCUT2D eigenvalue weighted by molar-refractivity contribution is -0.146. The largest absolute Gasteiger partial charge is 0.493 e. The van der Waals surface area contributed by atoms with Gasteiger partial charge in [-0.2, -0.15) is 0 Å². The van der Waals surface area contributed by atoms with Crippen LogP contribution >= 0.6 is 0 Å². The zero-order valence-corrected chi connectivity index (χ0v) is 23.9. The van der Waals surface area contributed by atoms with Crippen LogP contribution in [0.15, 0.2) is 89.1 Å². The highest BCUT2D eigenvalue weighted by Gasteiger charge is 2.45. The van der Waals surface area contributed by atoms with Gasteiger partial charge in [0.25, 0.3) is 0 Å². The van der Waals surface area contributed by atoms with Crippen LogP contribution in [-0.2, 0) is 20.7 Å². The van der Waals surface area contributed by atoms with E-state index in [0.717, 1.165) is 16.8 Å². The van der Waals surface area contributed by atoms with E-state index in [1.807, 2.05) is 79.7 Å². The molecule has 0 fully saturated rings. The number of allylic oxidation sites excluding steroid dienone is 2. The molecule has 0 saturated heterocycles. The topological polar surface area (TPSA) is 83.4 Å². The molecule has 0 radical (unpaired) electrons. The van der Waals surface area contributed by atoms with Gasteiger partial charge in [0.05, 0.1) is 27.9 Å². The Bertz CT molecular complexity index is 1450. The second-order valence-corrected chi connectivity index (χ2v) is 10.4. The van der Waals surface area contributed by atoms with E-state index in [1.165, 1.54) is 0 Å². The van der Waals surface area contributed by atoms with E-state index in [4.69, 9.17) is 23.9 Å².